The predicted octanol–water partition coefficient (Wildman–Crippen LogP) is 2.43. The number of allylic oxidation sites excluding steroid dienone is 4. The summed E-state index contributed by atoms with van der Waals surface area (Å²) in [4.78, 5) is 76.2. The van der Waals surface area contributed by atoms with Crippen molar-refractivity contribution in [2.75, 3.05) is 30.0 Å². The lowest BCUT2D eigenvalue weighted by Crippen LogP contribution is -2.69. The number of hydrogen-bond acceptors (Lipinski definition) is 15. The van der Waals surface area contributed by atoms with Crippen LogP contribution in [-0.4, -0.2) is 111 Å². The second-order valence-corrected chi connectivity index (χ2v) is 17.6. The summed E-state index contributed by atoms with van der Waals surface area (Å²) in [5.74, 6) is -4.06. The molecule has 18 nitrogen and oxygen atoms in total. The van der Waals surface area contributed by atoms with Crippen LogP contribution in [0.25, 0.3) is 11.2 Å². The van der Waals surface area contributed by atoms with Crippen LogP contribution in [0.1, 0.15) is 75.3 Å². The van der Waals surface area contributed by atoms with E-state index in [0.717, 1.165) is 11.3 Å². The Balaban J connectivity index is 0.000000206. The number of carboxylic acid groups (broad SMARTS) is 2. The highest BCUT2D eigenvalue weighted by molar-refractivity contribution is 6.26. The third-order valence-corrected chi connectivity index (χ3v) is 14.4. The van der Waals surface area contributed by atoms with E-state index >= 15 is 0 Å². The molecule has 7 rings (SSSR count). The number of Topliss-reactive ketones (excluding diaryl/α,β-unsaturated/α-hetero) is 1. The van der Waals surface area contributed by atoms with Crippen LogP contribution in [0.2, 0.25) is 0 Å². The zero-order chi connectivity index (χ0) is 44.8. The number of carbonyl (C=O) groups is 5. The molecule has 0 aliphatic heterocycles. The molecule has 326 valence electrons. The fourth-order valence-electron chi connectivity index (χ4n) is 10.3. The molecule has 1 unspecified atom stereocenters. The van der Waals surface area contributed by atoms with E-state index in [1.807, 2.05) is 38.8 Å². The minimum absolute atomic E-state index is 0.0138. The minimum Gasteiger partial charge on any atom is -0.481 e. The lowest BCUT2D eigenvalue weighted by atomic mass is 9.45. The number of halogens is 1. The van der Waals surface area contributed by atoms with E-state index < -0.39 is 63.7 Å². The van der Waals surface area contributed by atoms with E-state index in [0.29, 0.717) is 42.7 Å². The molecule has 1 aromatic carbocycles. The van der Waals surface area contributed by atoms with Crippen LogP contribution < -0.4 is 21.7 Å². The Kier molecular flexibility index (Phi) is 12.3. The maximum absolute atomic E-state index is 12.6. The highest BCUT2D eigenvalue weighted by Crippen LogP contribution is 2.71. The van der Waals surface area contributed by atoms with Gasteiger partial charge in [-0.15, -0.1) is 11.6 Å². The molecule has 4 aliphatic carbocycles. The number of rotatable bonds is 11. The number of benzene rings is 1. The van der Waals surface area contributed by atoms with Gasteiger partial charge in [-0.2, -0.15) is 9.97 Å². The quantitative estimate of drug-likeness (QED) is 0.128. The van der Waals surface area contributed by atoms with E-state index in [1.54, 1.807) is 24.4 Å². The summed E-state index contributed by atoms with van der Waals surface area (Å²) in [5.41, 5.74) is 11.4. The molecule has 19 heteroatoms. The van der Waals surface area contributed by atoms with Crippen molar-refractivity contribution in [2.24, 2.45) is 28.6 Å². The SMILES string of the molecule is CN(Cc1cnc2nc(N)nc(N)c2n1)c1ccc(C(=O)NC(CCC(=O)O)C(=O)O)cc1.C[C@H]1C[C@H]2[C@@H]3CCC4=CC(=O)C=C[C@]4(C)[C@@]3(Cl)[C@@H](O)C[C@]2(C)[C@@]1(O)C(=O)CO. The van der Waals surface area contributed by atoms with Gasteiger partial charge >= 0.3 is 11.9 Å². The molecule has 0 spiro atoms. The van der Waals surface area contributed by atoms with Gasteiger partial charge in [0.2, 0.25) is 5.95 Å². The molecule has 2 aromatic heterocycles. The Morgan fingerprint density at radius 3 is 2.39 bits per heavy atom. The molecule has 61 heavy (non-hydrogen) atoms. The number of hydrogen-bond donors (Lipinski definition) is 8. The first-order chi connectivity index (χ1) is 28.6. The first-order valence-electron chi connectivity index (χ1n) is 19.9. The van der Waals surface area contributed by atoms with Gasteiger partial charge in [0.25, 0.3) is 5.91 Å². The van der Waals surface area contributed by atoms with Gasteiger partial charge in [-0.3, -0.25) is 19.2 Å². The Morgan fingerprint density at radius 1 is 1.07 bits per heavy atom. The molecule has 0 radical (unpaired) electrons. The number of carbonyl (C=O) groups excluding carboxylic acids is 3. The van der Waals surface area contributed by atoms with Crippen molar-refractivity contribution in [3.63, 3.8) is 0 Å². The van der Waals surface area contributed by atoms with Gasteiger partial charge in [-0.1, -0.05) is 32.4 Å². The summed E-state index contributed by atoms with van der Waals surface area (Å²) in [5, 5.41) is 52.6. The third-order valence-electron chi connectivity index (χ3n) is 13.5. The van der Waals surface area contributed by atoms with Gasteiger partial charge in [0.15, 0.2) is 28.5 Å². The van der Waals surface area contributed by atoms with Crippen LogP contribution >= 0.6 is 11.6 Å². The predicted molar refractivity (Wildman–Crippen MR) is 223 cm³/mol. The number of anilines is 3. The number of aliphatic carboxylic acids is 2. The summed E-state index contributed by atoms with van der Waals surface area (Å²) >= 11 is 7.30. The number of aromatic nitrogens is 4. The van der Waals surface area contributed by atoms with Crippen molar-refractivity contribution in [1.82, 2.24) is 25.3 Å². The monoisotopic (exact) mass is 862 g/mol. The first kappa shape index (κ1) is 45.0. The summed E-state index contributed by atoms with van der Waals surface area (Å²) < 4.78 is 0. The van der Waals surface area contributed by atoms with Gasteiger partial charge in [0.1, 0.15) is 18.2 Å². The summed E-state index contributed by atoms with van der Waals surface area (Å²) in [7, 11) is 1.82. The molecule has 9 atom stereocenters. The molecule has 0 saturated heterocycles. The number of alkyl halides is 1. The van der Waals surface area contributed by atoms with Crippen molar-refractivity contribution < 1.29 is 49.5 Å². The fraction of sp³-hybridized carbons (Fsp3) is 0.500. The number of fused-ring (bicyclic) bond motifs is 6. The molecular formula is C42H51ClN8O10. The number of aliphatic hydroxyl groups is 3. The maximum atomic E-state index is 12.6. The molecule has 3 fully saturated rings. The molecule has 10 N–H and O–H groups in total. The average molecular weight is 863 g/mol. The molecular weight excluding hydrogens is 812 g/mol. The van der Waals surface area contributed by atoms with Crippen LogP contribution in [-0.2, 0) is 25.7 Å². The van der Waals surface area contributed by atoms with E-state index in [1.165, 1.54) is 18.2 Å². The lowest BCUT2D eigenvalue weighted by molar-refractivity contribution is -0.179. The van der Waals surface area contributed by atoms with Gasteiger partial charge in [0.05, 0.1) is 29.4 Å². The Bertz CT molecular complexity index is 2330. The van der Waals surface area contributed by atoms with Crippen molar-refractivity contribution in [3.8, 4) is 0 Å². The lowest BCUT2D eigenvalue weighted by Gasteiger charge is -2.63. The summed E-state index contributed by atoms with van der Waals surface area (Å²) in [6.45, 7) is 5.34. The zero-order valence-corrected chi connectivity index (χ0v) is 35.0. The summed E-state index contributed by atoms with van der Waals surface area (Å²) in [6.07, 6.45) is 7.19. The normalized spacial score (nSPS) is 30.4. The second kappa shape index (κ2) is 16.7. The Hall–Kier alpha value is -5.56. The van der Waals surface area contributed by atoms with Gasteiger partial charge < -0.3 is 47.2 Å². The number of ketones is 2. The molecule has 4 aliphatic rings. The first-order valence-corrected chi connectivity index (χ1v) is 20.3. The minimum atomic E-state index is -1.68. The second-order valence-electron chi connectivity index (χ2n) is 16.9. The fourth-order valence-corrected chi connectivity index (χ4v) is 10.8. The van der Waals surface area contributed by atoms with Gasteiger partial charge in [-0.25, -0.2) is 14.8 Å². The number of amides is 1. The van der Waals surface area contributed by atoms with Gasteiger partial charge in [0, 0.05) is 35.5 Å². The third kappa shape index (κ3) is 7.81. The highest BCUT2D eigenvalue weighted by Gasteiger charge is 2.74. The van der Waals surface area contributed by atoms with Crippen molar-refractivity contribution in [3.05, 3.63) is 65.5 Å². The van der Waals surface area contributed by atoms with E-state index in [9.17, 15) is 44.4 Å². The topological polar surface area (TPSA) is 305 Å². The van der Waals surface area contributed by atoms with Crippen molar-refractivity contribution >= 4 is 69.6 Å². The van der Waals surface area contributed by atoms with Crippen LogP contribution in [0.5, 0.6) is 0 Å². The number of nitrogen functional groups attached to an aromatic ring is 2. The van der Waals surface area contributed by atoms with Crippen LogP contribution in [0, 0.1) is 28.6 Å². The largest absolute Gasteiger partial charge is 0.481 e. The molecule has 3 aromatic rings. The smallest absolute Gasteiger partial charge is 0.326 e. The van der Waals surface area contributed by atoms with E-state index in [-0.39, 0.29) is 60.1 Å². The Labute approximate surface area is 356 Å². The standard InChI is InChI=1S/C22H29ClO5.C20H22N8O5/c1-12-8-16-15-5-4-13-9-14(25)6-7-19(13,2)21(15,23)17(26)10-20(16,3)22(12,28)18(27)11-24;1-28(9-11-8-23-17-15(24-11)16(21)26-20(22)27-17)12-4-2-10(3-5-12)18(31)25-13(19(32)33)6-7-14(29)30/h6-7,9,12,15-17,24,26,28H,4-5,8,10-11H2,1-3H3;2-5,8,13H,6-7,9H2,1H3,(H,25,31)(H,29,30)(H,32,33)(H4,21,22,23,26,27)/t12-,15-,16-,17-,19-,20-,21-,22-;/m0./s1. The van der Waals surface area contributed by atoms with E-state index in [4.69, 9.17) is 28.2 Å². The number of aliphatic hydroxyl groups excluding tert-OH is 2. The molecule has 3 saturated carbocycles. The maximum Gasteiger partial charge on any atom is 0.326 e. The van der Waals surface area contributed by atoms with Crippen molar-refractivity contribution in [2.45, 2.75) is 88.5 Å². The number of nitrogens with one attached hydrogen (secondary N) is 1. The van der Waals surface area contributed by atoms with E-state index in [2.05, 4.69) is 25.3 Å². The van der Waals surface area contributed by atoms with Crippen LogP contribution in [0.4, 0.5) is 17.5 Å². The van der Waals surface area contributed by atoms with Crippen LogP contribution in [0.15, 0.2) is 54.3 Å². The van der Waals surface area contributed by atoms with Crippen LogP contribution in [0.3, 0.4) is 0 Å². The van der Waals surface area contributed by atoms with Crippen molar-refractivity contribution in [1.29, 1.82) is 0 Å². The number of nitrogens with two attached hydrogens (primary N) is 2. The zero-order valence-electron chi connectivity index (χ0n) is 34.2. The molecule has 0 bridgehead atoms. The average Bonchev–Trinajstić information content (AvgIpc) is 3.41. The highest BCUT2D eigenvalue weighted by atomic mass is 35.5. The number of carboxylic acids is 2. The molecule has 2 heterocycles. The van der Waals surface area contributed by atoms with Gasteiger partial charge in [-0.05, 0) is 86.3 Å². The number of nitrogens with zero attached hydrogens (tertiary/aromatic N) is 5. The summed E-state index contributed by atoms with van der Waals surface area (Å²) in [6, 6.07) is 5.16. The molecule has 1 amide bonds. The Morgan fingerprint density at radius 2 is 1.75 bits per heavy atom.